The van der Waals surface area contributed by atoms with Crippen LogP contribution < -0.4 is 21.1 Å². The highest BCUT2D eigenvalue weighted by atomic mass is 16.7. The number of aromatic nitrogens is 2. The van der Waals surface area contributed by atoms with Crippen LogP contribution >= 0.6 is 0 Å². The summed E-state index contributed by atoms with van der Waals surface area (Å²) in [5.41, 5.74) is 6.15. The molecule has 56 heavy (non-hydrogen) atoms. The van der Waals surface area contributed by atoms with Crippen LogP contribution in [0.3, 0.4) is 0 Å². The van der Waals surface area contributed by atoms with E-state index in [1.54, 1.807) is 12.1 Å². The number of fused-ring (bicyclic) bond motifs is 1. The summed E-state index contributed by atoms with van der Waals surface area (Å²) in [5, 5.41) is 15.5. The van der Waals surface area contributed by atoms with Gasteiger partial charge in [-0.3, -0.25) is 4.57 Å². The Morgan fingerprint density at radius 2 is 1.46 bits per heavy atom. The Morgan fingerprint density at radius 1 is 0.804 bits per heavy atom. The van der Waals surface area contributed by atoms with Crippen molar-refractivity contribution >= 4 is 22.8 Å². The molecule has 0 spiro atoms. The van der Waals surface area contributed by atoms with Crippen molar-refractivity contribution in [2.24, 2.45) is 5.92 Å². The topological polar surface area (TPSA) is 130 Å². The number of amides is 2. The number of anilines is 1. The van der Waals surface area contributed by atoms with Crippen molar-refractivity contribution in [1.29, 1.82) is 0 Å². The number of H-pyrrole nitrogens is 1. The quantitative estimate of drug-likeness (QED) is 0.105. The van der Waals surface area contributed by atoms with Crippen LogP contribution in [0.15, 0.2) is 132 Å². The first-order valence-electron chi connectivity index (χ1n) is 19.3. The van der Waals surface area contributed by atoms with Crippen LogP contribution in [0, 0.1) is 5.92 Å². The van der Waals surface area contributed by atoms with Gasteiger partial charge in [-0.1, -0.05) is 85.8 Å². The fourth-order valence-corrected chi connectivity index (χ4v) is 7.76. The predicted molar refractivity (Wildman–Crippen MR) is 215 cm³/mol. The molecule has 3 heterocycles. The molecule has 2 saturated heterocycles. The van der Waals surface area contributed by atoms with E-state index in [9.17, 15) is 14.7 Å². The minimum Gasteiger partial charge on any atom is -0.457 e. The second-order valence-electron chi connectivity index (χ2n) is 14.7. The van der Waals surface area contributed by atoms with E-state index in [0.29, 0.717) is 18.0 Å². The normalized spacial score (nSPS) is 20.5. The van der Waals surface area contributed by atoms with Crippen LogP contribution in [-0.4, -0.2) is 51.3 Å². The molecule has 11 heteroatoms. The Labute approximate surface area is 325 Å². The lowest BCUT2D eigenvalue weighted by Gasteiger charge is -2.44. The Hall–Kier alpha value is -5.72. The number of piperidine rings is 1. The SMILES string of the molecule is CC1C(CN2CCC(n3c(=O)[nH]c4ccccc43)CC2)OC(c2ccc(CNC(=O)Nc3ccc(Oc4ccccc4)cc3)cc2)OC1c1ccc(CO)cc1. The molecule has 0 saturated carbocycles. The summed E-state index contributed by atoms with van der Waals surface area (Å²) in [7, 11) is 0. The molecule has 2 aliphatic heterocycles. The number of nitrogens with zero attached hydrogens (tertiary/aromatic N) is 2. The van der Waals surface area contributed by atoms with Gasteiger partial charge in [-0.2, -0.15) is 0 Å². The van der Waals surface area contributed by atoms with Crippen molar-refractivity contribution in [2.45, 2.75) is 57.5 Å². The van der Waals surface area contributed by atoms with Crippen molar-refractivity contribution in [1.82, 2.24) is 19.8 Å². The number of nitrogens with one attached hydrogen (secondary N) is 3. The lowest BCUT2D eigenvalue weighted by molar-refractivity contribution is -0.276. The molecule has 2 amide bonds. The molecule has 2 aliphatic rings. The van der Waals surface area contributed by atoms with Crippen LogP contribution in [0.2, 0.25) is 0 Å². The van der Waals surface area contributed by atoms with Crippen LogP contribution in [0.1, 0.15) is 60.5 Å². The van der Waals surface area contributed by atoms with Crippen molar-refractivity contribution < 1.29 is 24.1 Å². The van der Waals surface area contributed by atoms with E-state index in [2.05, 4.69) is 27.4 Å². The molecule has 4 N–H and O–H groups in total. The van der Waals surface area contributed by atoms with Crippen LogP contribution in [-0.2, 0) is 22.6 Å². The van der Waals surface area contributed by atoms with Gasteiger partial charge in [0.25, 0.3) is 0 Å². The molecular formula is C45H47N5O6. The summed E-state index contributed by atoms with van der Waals surface area (Å²) in [4.78, 5) is 31.1. The second-order valence-corrected chi connectivity index (χ2v) is 14.7. The first kappa shape index (κ1) is 37.2. The highest BCUT2D eigenvalue weighted by Crippen LogP contribution is 2.42. The van der Waals surface area contributed by atoms with Gasteiger partial charge in [-0.05, 0) is 78.1 Å². The van der Waals surface area contributed by atoms with Gasteiger partial charge in [0.05, 0.1) is 29.8 Å². The summed E-state index contributed by atoms with van der Waals surface area (Å²) in [5.74, 6) is 1.48. The molecule has 0 bridgehead atoms. The minimum atomic E-state index is -0.597. The lowest BCUT2D eigenvalue weighted by Crippen LogP contribution is -2.47. The molecule has 8 rings (SSSR count). The smallest absolute Gasteiger partial charge is 0.326 e. The molecule has 4 atom stereocenters. The molecule has 2 fully saturated rings. The average Bonchev–Trinajstić information content (AvgIpc) is 3.58. The third-order valence-electron chi connectivity index (χ3n) is 10.9. The Bertz CT molecular complexity index is 2270. The number of aliphatic hydroxyl groups excluding tert-OH is 1. The van der Waals surface area contributed by atoms with Crippen LogP contribution in [0.4, 0.5) is 10.5 Å². The average molecular weight is 754 g/mol. The number of imidazole rings is 1. The fourth-order valence-electron chi connectivity index (χ4n) is 7.76. The maximum absolute atomic E-state index is 12.9. The van der Waals surface area contributed by atoms with E-state index >= 15 is 0 Å². The number of para-hydroxylation sites is 3. The number of rotatable bonds is 11. The van der Waals surface area contributed by atoms with E-state index in [1.807, 2.05) is 120 Å². The molecule has 11 nitrogen and oxygen atoms in total. The molecule has 6 aromatic rings. The summed E-state index contributed by atoms with van der Waals surface area (Å²) >= 11 is 0. The minimum absolute atomic E-state index is 0.0169. The number of likely N-dealkylation sites (tertiary alicyclic amines) is 1. The molecule has 288 valence electrons. The van der Waals surface area contributed by atoms with Crippen LogP contribution in [0.5, 0.6) is 11.5 Å². The zero-order valence-corrected chi connectivity index (χ0v) is 31.3. The zero-order chi connectivity index (χ0) is 38.4. The van der Waals surface area contributed by atoms with Gasteiger partial charge < -0.3 is 39.8 Å². The van der Waals surface area contributed by atoms with Gasteiger partial charge in [0.15, 0.2) is 6.29 Å². The monoisotopic (exact) mass is 753 g/mol. The lowest BCUT2D eigenvalue weighted by atomic mass is 9.89. The third kappa shape index (κ3) is 8.56. The van der Waals surface area contributed by atoms with E-state index in [1.165, 1.54) is 0 Å². The van der Waals surface area contributed by atoms with Gasteiger partial charge in [0.2, 0.25) is 0 Å². The van der Waals surface area contributed by atoms with E-state index in [4.69, 9.17) is 14.2 Å². The van der Waals surface area contributed by atoms with Gasteiger partial charge in [0.1, 0.15) is 11.5 Å². The first-order chi connectivity index (χ1) is 27.4. The number of hydrogen-bond acceptors (Lipinski definition) is 7. The number of carbonyl (C=O) groups excluding carboxylic acids is 1. The molecule has 1 aromatic heterocycles. The number of ether oxygens (including phenoxy) is 3. The number of urea groups is 1. The molecule has 0 radical (unpaired) electrons. The zero-order valence-electron chi connectivity index (χ0n) is 31.3. The van der Waals surface area contributed by atoms with E-state index in [0.717, 1.165) is 71.5 Å². The van der Waals surface area contributed by atoms with Gasteiger partial charge in [-0.25, -0.2) is 9.59 Å². The molecule has 5 aromatic carbocycles. The van der Waals surface area contributed by atoms with E-state index < -0.39 is 6.29 Å². The Morgan fingerprint density at radius 3 is 2.20 bits per heavy atom. The van der Waals surface area contributed by atoms with Crippen molar-refractivity contribution in [3.05, 3.63) is 160 Å². The highest BCUT2D eigenvalue weighted by molar-refractivity contribution is 5.89. The van der Waals surface area contributed by atoms with E-state index in [-0.39, 0.29) is 42.5 Å². The van der Waals surface area contributed by atoms with Gasteiger partial charge >= 0.3 is 11.7 Å². The molecular weight excluding hydrogens is 707 g/mol. The molecule has 0 aliphatic carbocycles. The summed E-state index contributed by atoms with van der Waals surface area (Å²) < 4.78 is 21.2. The maximum atomic E-state index is 12.9. The number of benzene rings is 5. The van der Waals surface area contributed by atoms with Crippen molar-refractivity contribution in [3.8, 4) is 11.5 Å². The van der Waals surface area contributed by atoms with Crippen molar-refractivity contribution in [2.75, 3.05) is 25.0 Å². The Balaban J connectivity index is 0.897. The van der Waals surface area contributed by atoms with Gasteiger partial charge in [0, 0.05) is 49.4 Å². The maximum Gasteiger partial charge on any atom is 0.326 e. The predicted octanol–water partition coefficient (Wildman–Crippen LogP) is 8.06. The largest absolute Gasteiger partial charge is 0.457 e. The number of hydrogen-bond donors (Lipinski definition) is 4. The number of carbonyl (C=O) groups is 1. The third-order valence-corrected chi connectivity index (χ3v) is 10.9. The summed E-state index contributed by atoms with van der Waals surface area (Å²) in [6, 6.07) is 40.4. The number of aromatic amines is 1. The fraction of sp³-hybridized carbons (Fsp3) is 0.289. The van der Waals surface area contributed by atoms with Gasteiger partial charge in [-0.15, -0.1) is 0 Å². The molecule has 4 unspecified atom stereocenters. The Kier molecular flexibility index (Phi) is 11.3. The second kappa shape index (κ2) is 17.0. The number of aliphatic hydroxyl groups is 1. The van der Waals surface area contributed by atoms with Crippen molar-refractivity contribution in [3.63, 3.8) is 0 Å². The highest BCUT2D eigenvalue weighted by Gasteiger charge is 2.39. The first-order valence-corrected chi connectivity index (χ1v) is 19.3. The standard InChI is InChI=1S/C45H47N5O6/c1-30-41(28-49-25-23-36(24-26-49)50-40-10-6-5-9-39(40)48-45(50)53)55-43(56-42(30)33-15-13-32(29-51)14-16-33)34-17-11-31(12-18-34)27-46-44(52)47-35-19-21-38(22-20-35)54-37-7-3-2-4-8-37/h2-22,30,36,41-43,51H,23-29H2,1H3,(H,48,53)(H2,46,47,52). The van der Waals surface area contributed by atoms with Crippen LogP contribution in [0.25, 0.3) is 11.0 Å². The summed E-state index contributed by atoms with van der Waals surface area (Å²) in [6.07, 6.45) is 0.808. The summed E-state index contributed by atoms with van der Waals surface area (Å²) in [6.45, 7) is 4.95.